The van der Waals surface area contributed by atoms with Gasteiger partial charge in [-0.05, 0) is 56.5 Å². The predicted molar refractivity (Wildman–Crippen MR) is 140 cm³/mol. The summed E-state index contributed by atoms with van der Waals surface area (Å²) in [6, 6.07) is 19.2. The number of amides is 1. The maximum Gasteiger partial charge on any atom is 0.410 e. The van der Waals surface area contributed by atoms with E-state index in [1.54, 1.807) is 4.90 Å². The van der Waals surface area contributed by atoms with Crippen LogP contribution in [0.3, 0.4) is 0 Å². The van der Waals surface area contributed by atoms with E-state index in [1.807, 2.05) is 81.4 Å². The number of aldehydes is 1. The van der Waals surface area contributed by atoms with Crippen LogP contribution in [0.2, 0.25) is 18.1 Å². The number of hydrogen-bond acceptors (Lipinski definition) is 4. The second-order valence-corrected chi connectivity index (χ2v) is 16.1. The Hall–Kier alpha value is -2.44. The molecule has 1 amide bonds. The van der Waals surface area contributed by atoms with Gasteiger partial charge in [0.2, 0.25) is 0 Å². The molecule has 0 fully saturated rings. The van der Waals surface area contributed by atoms with Crippen molar-refractivity contribution in [2.45, 2.75) is 90.4 Å². The first kappa shape index (κ1) is 27.8. The van der Waals surface area contributed by atoms with E-state index in [2.05, 4.69) is 33.9 Å². The molecule has 0 aromatic heterocycles. The van der Waals surface area contributed by atoms with Gasteiger partial charge in [0.1, 0.15) is 18.0 Å². The van der Waals surface area contributed by atoms with Gasteiger partial charge in [-0.1, -0.05) is 81.4 Å². The molecule has 0 aliphatic carbocycles. The van der Waals surface area contributed by atoms with E-state index >= 15 is 0 Å². The van der Waals surface area contributed by atoms with Crippen molar-refractivity contribution in [3.63, 3.8) is 0 Å². The lowest BCUT2D eigenvalue weighted by Gasteiger charge is -2.42. The molecule has 5 nitrogen and oxygen atoms in total. The smallest absolute Gasteiger partial charge is 0.410 e. The summed E-state index contributed by atoms with van der Waals surface area (Å²) in [6.07, 6.45) is 0.0989. The molecule has 34 heavy (non-hydrogen) atoms. The normalized spacial score (nSPS) is 14.2. The monoisotopic (exact) mass is 483 g/mol. The number of benzene rings is 2. The number of carbonyl (C=O) groups excluding carboxylic acids is 2. The van der Waals surface area contributed by atoms with Gasteiger partial charge in [-0.15, -0.1) is 0 Å². The molecule has 2 aromatic carbocycles. The van der Waals surface area contributed by atoms with Crippen molar-refractivity contribution in [3.8, 4) is 0 Å². The molecule has 0 aliphatic heterocycles. The lowest BCUT2D eigenvalue weighted by atomic mass is 9.99. The van der Waals surface area contributed by atoms with Crippen LogP contribution in [-0.4, -0.2) is 43.3 Å². The SMILES string of the molecule is CC(C)(C)OC(=O)N(Cc1ccccc1)[C@@H](Cc1ccccc1)[C@H](C=O)O[Si](C)(C)C(C)(C)C. The molecule has 0 saturated heterocycles. The summed E-state index contributed by atoms with van der Waals surface area (Å²) in [4.78, 5) is 27.7. The van der Waals surface area contributed by atoms with Crippen LogP contribution in [0.15, 0.2) is 60.7 Å². The molecule has 0 bridgehead atoms. The molecule has 0 radical (unpaired) electrons. The molecule has 2 rings (SSSR count). The average molecular weight is 484 g/mol. The Morgan fingerprint density at radius 1 is 0.912 bits per heavy atom. The van der Waals surface area contributed by atoms with Crippen molar-refractivity contribution in [1.29, 1.82) is 0 Å². The molecule has 186 valence electrons. The van der Waals surface area contributed by atoms with Crippen LogP contribution in [0.5, 0.6) is 0 Å². The summed E-state index contributed by atoms with van der Waals surface area (Å²) < 4.78 is 12.4. The highest BCUT2D eigenvalue weighted by atomic mass is 28.4. The third kappa shape index (κ3) is 8.10. The van der Waals surface area contributed by atoms with Crippen LogP contribution in [0.25, 0.3) is 0 Å². The fraction of sp³-hybridized carbons (Fsp3) is 0.500. The van der Waals surface area contributed by atoms with E-state index < -0.39 is 32.2 Å². The van der Waals surface area contributed by atoms with Crippen molar-refractivity contribution in [1.82, 2.24) is 4.90 Å². The molecule has 0 unspecified atom stereocenters. The molecule has 2 atom stereocenters. The molecular weight excluding hydrogens is 442 g/mol. The zero-order valence-electron chi connectivity index (χ0n) is 22.0. The summed E-state index contributed by atoms with van der Waals surface area (Å²) in [6.45, 7) is 16.5. The van der Waals surface area contributed by atoms with Gasteiger partial charge >= 0.3 is 6.09 Å². The highest BCUT2D eigenvalue weighted by Crippen LogP contribution is 2.38. The van der Waals surface area contributed by atoms with Crippen LogP contribution in [0.4, 0.5) is 4.79 Å². The van der Waals surface area contributed by atoms with E-state index in [0.717, 1.165) is 17.4 Å². The summed E-state index contributed by atoms with van der Waals surface area (Å²) in [5.74, 6) is 0. The standard InChI is InChI=1S/C28H41NO4Si/c1-27(2,3)32-26(31)29(20-23-17-13-10-14-18-23)24(19-22-15-11-9-12-16-22)25(21-30)33-34(7,8)28(4,5)6/h9-18,21,24-25H,19-20H2,1-8H3/t24-,25-/m0/s1. The Balaban J connectivity index is 2.54. The van der Waals surface area contributed by atoms with Gasteiger partial charge in [-0.2, -0.15) is 0 Å². The van der Waals surface area contributed by atoms with E-state index in [1.165, 1.54) is 0 Å². The zero-order chi connectivity index (χ0) is 25.6. The average Bonchev–Trinajstić information content (AvgIpc) is 2.74. The Labute approximate surface area is 206 Å². The Bertz CT molecular complexity index is 917. The molecule has 0 saturated carbocycles. The number of nitrogens with zero attached hydrogens (tertiary/aromatic N) is 1. The van der Waals surface area contributed by atoms with Crippen molar-refractivity contribution in [2.75, 3.05) is 0 Å². The number of rotatable bonds is 9. The van der Waals surface area contributed by atoms with Crippen LogP contribution < -0.4 is 0 Å². The second kappa shape index (κ2) is 11.3. The minimum absolute atomic E-state index is 0.0816. The maximum absolute atomic E-state index is 13.5. The number of carbonyl (C=O) groups is 2. The van der Waals surface area contributed by atoms with Crippen LogP contribution in [0.1, 0.15) is 52.7 Å². The first-order valence-corrected chi connectivity index (χ1v) is 14.8. The lowest BCUT2D eigenvalue weighted by molar-refractivity contribution is -0.117. The van der Waals surface area contributed by atoms with Crippen LogP contribution in [-0.2, 0) is 26.9 Å². The summed E-state index contributed by atoms with van der Waals surface area (Å²) in [5, 5.41) is -0.0816. The highest BCUT2D eigenvalue weighted by molar-refractivity contribution is 6.74. The molecule has 2 aromatic rings. The Kier molecular flexibility index (Phi) is 9.26. The molecule has 0 N–H and O–H groups in total. The minimum atomic E-state index is -2.30. The van der Waals surface area contributed by atoms with Crippen molar-refractivity contribution in [3.05, 3.63) is 71.8 Å². The van der Waals surface area contributed by atoms with Crippen molar-refractivity contribution < 1.29 is 18.8 Å². The van der Waals surface area contributed by atoms with Crippen molar-refractivity contribution in [2.24, 2.45) is 0 Å². The lowest BCUT2D eigenvalue weighted by Crippen LogP contribution is -2.55. The largest absolute Gasteiger partial charge is 0.444 e. The molecule has 6 heteroatoms. The number of hydrogen-bond donors (Lipinski definition) is 0. The minimum Gasteiger partial charge on any atom is -0.444 e. The maximum atomic E-state index is 13.5. The van der Waals surface area contributed by atoms with Gasteiger partial charge in [0.15, 0.2) is 8.32 Å². The van der Waals surface area contributed by atoms with Crippen LogP contribution >= 0.6 is 0 Å². The number of ether oxygens (including phenoxy) is 1. The Morgan fingerprint density at radius 2 is 1.41 bits per heavy atom. The summed E-state index contributed by atoms with van der Waals surface area (Å²) in [5.41, 5.74) is 1.32. The highest BCUT2D eigenvalue weighted by Gasteiger charge is 2.43. The quantitative estimate of drug-likeness (QED) is 0.297. The van der Waals surface area contributed by atoms with E-state index in [9.17, 15) is 9.59 Å². The molecular formula is C28H41NO4Si. The fourth-order valence-electron chi connectivity index (χ4n) is 3.39. The van der Waals surface area contributed by atoms with Gasteiger partial charge in [0, 0.05) is 6.54 Å². The van der Waals surface area contributed by atoms with Gasteiger partial charge in [0.25, 0.3) is 0 Å². The van der Waals surface area contributed by atoms with E-state index in [4.69, 9.17) is 9.16 Å². The molecule has 0 heterocycles. The van der Waals surface area contributed by atoms with E-state index in [0.29, 0.717) is 13.0 Å². The first-order chi connectivity index (χ1) is 15.7. The topological polar surface area (TPSA) is 55.8 Å². The van der Waals surface area contributed by atoms with Gasteiger partial charge in [-0.3, -0.25) is 4.90 Å². The van der Waals surface area contributed by atoms with E-state index in [-0.39, 0.29) is 5.04 Å². The third-order valence-electron chi connectivity index (χ3n) is 6.26. The molecule has 0 aliphatic rings. The predicted octanol–water partition coefficient (Wildman–Crippen LogP) is 6.62. The van der Waals surface area contributed by atoms with Gasteiger partial charge in [-0.25, -0.2) is 4.79 Å². The van der Waals surface area contributed by atoms with Crippen molar-refractivity contribution >= 4 is 20.7 Å². The fourth-order valence-corrected chi connectivity index (χ4v) is 4.64. The zero-order valence-corrected chi connectivity index (χ0v) is 23.0. The molecule has 0 spiro atoms. The third-order valence-corrected chi connectivity index (χ3v) is 10.7. The van der Waals surface area contributed by atoms with Gasteiger partial charge < -0.3 is 14.0 Å². The summed E-state index contributed by atoms with van der Waals surface area (Å²) in [7, 11) is -2.30. The van der Waals surface area contributed by atoms with Gasteiger partial charge in [0.05, 0.1) is 6.04 Å². The van der Waals surface area contributed by atoms with Crippen LogP contribution in [0, 0.1) is 0 Å². The second-order valence-electron chi connectivity index (χ2n) is 11.3. The first-order valence-electron chi connectivity index (χ1n) is 11.9. The summed E-state index contributed by atoms with van der Waals surface area (Å²) >= 11 is 0. The Morgan fingerprint density at radius 3 is 1.85 bits per heavy atom.